The van der Waals surface area contributed by atoms with Crippen molar-refractivity contribution in [1.29, 1.82) is 0 Å². The van der Waals surface area contributed by atoms with E-state index in [0.717, 1.165) is 18.9 Å². The zero-order valence-electron chi connectivity index (χ0n) is 14.3. The van der Waals surface area contributed by atoms with E-state index in [1.54, 1.807) is 6.07 Å². The van der Waals surface area contributed by atoms with E-state index in [4.69, 9.17) is 9.47 Å². The Bertz CT molecular complexity index is 627. The standard InChI is InChI=1S/C17H22F3N3O3/c18-17(19,20)14-10-12(23-5-8-25-9-6-23)3-4-15(14)22-16(24)21-11-13-2-1-7-26-13/h3-4,10,13H,1-2,5-9,11H2,(H2,21,22,24). The summed E-state index contributed by atoms with van der Waals surface area (Å²) < 4.78 is 50.9. The van der Waals surface area contributed by atoms with Crippen LogP contribution in [0.5, 0.6) is 0 Å². The largest absolute Gasteiger partial charge is 0.418 e. The smallest absolute Gasteiger partial charge is 0.378 e. The van der Waals surface area contributed by atoms with E-state index in [1.807, 2.05) is 4.90 Å². The van der Waals surface area contributed by atoms with Gasteiger partial charge in [0.25, 0.3) is 0 Å². The molecular weight excluding hydrogens is 351 g/mol. The molecule has 1 atom stereocenters. The fourth-order valence-corrected chi connectivity index (χ4v) is 3.07. The highest BCUT2D eigenvalue weighted by Gasteiger charge is 2.35. The number of amides is 2. The normalized spacial score (nSPS) is 20.9. The number of hydrogen-bond donors (Lipinski definition) is 2. The fourth-order valence-electron chi connectivity index (χ4n) is 3.07. The Kier molecular flexibility index (Phi) is 5.87. The molecule has 2 amide bonds. The van der Waals surface area contributed by atoms with Gasteiger partial charge in [-0.15, -0.1) is 0 Å². The third-order valence-corrected chi connectivity index (χ3v) is 4.45. The van der Waals surface area contributed by atoms with Crippen LogP contribution in [0.4, 0.5) is 29.3 Å². The Labute approximate surface area is 149 Å². The number of halogens is 3. The van der Waals surface area contributed by atoms with Crippen LogP contribution in [0.25, 0.3) is 0 Å². The number of benzene rings is 1. The third kappa shape index (κ3) is 4.79. The zero-order chi connectivity index (χ0) is 18.6. The highest BCUT2D eigenvalue weighted by molar-refractivity contribution is 5.90. The van der Waals surface area contributed by atoms with Crippen LogP contribution in [-0.4, -0.2) is 51.6 Å². The van der Waals surface area contributed by atoms with Crippen molar-refractivity contribution in [3.63, 3.8) is 0 Å². The molecule has 3 rings (SSSR count). The van der Waals surface area contributed by atoms with E-state index < -0.39 is 17.8 Å². The molecule has 0 saturated carbocycles. The molecule has 0 spiro atoms. The Morgan fingerprint density at radius 2 is 2.00 bits per heavy atom. The fraction of sp³-hybridized carbons (Fsp3) is 0.588. The molecule has 9 heteroatoms. The second-order valence-corrected chi connectivity index (χ2v) is 6.30. The summed E-state index contributed by atoms with van der Waals surface area (Å²) in [5.41, 5.74) is -0.668. The molecule has 0 aromatic heterocycles. The molecule has 1 unspecified atom stereocenters. The molecule has 2 aliphatic rings. The van der Waals surface area contributed by atoms with Gasteiger partial charge < -0.3 is 25.0 Å². The Hall–Kier alpha value is -2.00. The third-order valence-electron chi connectivity index (χ3n) is 4.45. The quantitative estimate of drug-likeness (QED) is 0.852. The molecule has 26 heavy (non-hydrogen) atoms. The van der Waals surface area contributed by atoms with Crippen LogP contribution < -0.4 is 15.5 Å². The lowest BCUT2D eigenvalue weighted by Gasteiger charge is -2.29. The van der Waals surface area contributed by atoms with Crippen molar-refractivity contribution < 1.29 is 27.4 Å². The molecule has 0 aliphatic carbocycles. The van der Waals surface area contributed by atoms with Gasteiger partial charge in [-0.2, -0.15) is 13.2 Å². The second kappa shape index (κ2) is 8.13. The molecule has 2 fully saturated rings. The van der Waals surface area contributed by atoms with Crippen molar-refractivity contribution in [3.05, 3.63) is 23.8 Å². The number of morpholine rings is 1. The van der Waals surface area contributed by atoms with Crippen molar-refractivity contribution in [2.75, 3.05) is 49.7 Å². The minimum atomic E-state index is -4.57. The van der Waals surface area contributed by atoms with Gasteiger partial charge in [0.15, 0.2) is 0 Å². The van der Waals surface area contributed by atoms with E-state index in [0.29, 0.717) is 38.6 Å². The summed E-state index contributed by atoms with van der Waals surface area (Å²) in [5, 5.41) is 4.86. The van der Waals surface area contributed by atoms with Crippen LogP contribution in [0.3, 0.4) is 0 Å². The molecule has 2 aliphatic heterocycles. The van der Waals surface area contributed by atoms with Crippen LogP contribution in [0, 0.1) is 0 Å². The highest BCUT2D eigenvalue weighted by atomic mass is 19.4. The van der Waals surface area contributed by atoms with E-state index in [1.165, 1.54) is 6.07 Å². The molecule has 1 aromatic rings. The molecular formula is C17H22F3N3O3. The Morgan fingerprint density at radius 1 is 1.23 bits per heavy atom. The van der Waals surface area contributed by atoms with E-state index >= 15 is 0 Å². The first-order valence-electron chi connectivity index (χ1n) is 8.64. The second-order valence-electron chi connectivity index (χ2n) is 6.30. The molecule has 1 aromatic carbocycles. The van der Waals surface area contributed by atoms with E-state index in [-0.39, 0.29) is 18.3 Å². The summed E-state index contributed by atoms with van der Waals surface area (Å²) in [6.07, 6.45) is -2.89. The van der Waals surface area contributed by atoms with E-state index in [9.17, 15) is 18.0 Å². The average Bonchev–Trinajstić information content (AvgIpc) is 3.14. The molecule has 2 heterocycles. The first-order valence-corrected chi connectivity index (χ1v) is 8.64. The maximum Gasteiger partial charge on any atom is 0.418 e. The Morgan fingerprint density at radius 3 is 2.65 bits per heavy atom. The summed E-state index contributed by atoms with van der Waals surface area (Å²) in [6, 6.07) is 3.27. The van der Waals surface area contributed by atoms with E-state index in [2.05, 4.69) is 10.6 Å². The van der Waals surface area contributed by atoms with Crippen molar-refractivity contribution in [2.45, 2.75) is 25.1 Å². The predicted molar refractivity (Wildman–Crippen MR) is 90.5 cm³/mol. The van der Waals surface area contributed by atoms with Gasteiger partial charge in [-0.05, 0) is 31.0 Å². The van der Waals surface area contributed by atoms with Gasteiger partial charge in [-0.3, -0.25) is 0 Å². The Balaban J connectivity index is 1.69. The summed E-state index contributed by atoms with van der Waals surface area (Å²) in [7, 11) is 0. The number of rotatable bonds is 4. The maximum atomic E-state index is 13.4. The van der Waals surface area contributed by atoms with Crippen molar-refractivity contribution in [2.24, 2.45) is 0 Å². The lowest BCUT2D eigenvalue weighted by atomic mass is 10.1. The number of nitrogens with one attached hydrogen (secondary N) is 2. The summed E-state index contributed by atoms with van der Waals surface area (Å²) >= 11 is 0. The van der Waals surface area contributed by atoms with Crippen molar-refractivity contribution in [3.8, 4) is 0 Å². The van der Waals surface area contributed by atoms with Gasteiger partial charge in [-0.1, -0.05) is 0 Å². The van der Waals surface area contributed by atoms with Crippen LogP contribution in [0.2, 0.25) is 0 Å². The number of carbonyl (C=O) groups is 1. The van der Waals surface area contributed by atoms with Crippen molar-refractivity contribution in [1.82, 2.24) is 5.32 Å². The van der Waals surface area contributed by atoms with Crippen LogP contribution in [0.15, 0.2) is 18.2 Å². The summed E-state index contributed by atoms with van der Waals surface area (Å²) in [5.74, 6) is 0. The van der Waals surface area contributed by atoms with Crippen LogP contribution >= 0.6 is 0 Å². The number of alkyl halides is 3. The first-order chi connectivity index (χ1) is 12.4. The zero-order valence-corrected chi connectivity index (χ0v) is 14.3. The van der Waals surface area contributed by atoms with Crippen LogP contribution in [-0.2, 0) is 15.7 Å². The van der Waals surface area contributed by atoms with Gasteiger partial charge >= 0.3 is 12.2 Å². The monoisotopic (exact) mass is 373 g/mol. The average molecular weight is 373 g/mol. The molecule has 0 radical (unpaired) electrons. The number of hydrogen-bond acceptors (Lipinski definition) is 4. The van der Waals surface area contributed by atoms with Crippen LogP contribution in [0.1, 0.15) is 18.4 Å². The first kappa shape index (κ1) is 18.8. The SMILES string of the molecule is O=C(NCC1CCCO1)Nc1ccc(N2CCOCC2)cc1C(F)(F)F. The van der Waals surface area contributed by atoms with Gasteiger partial charge in [0, 0.05) is 31.9 Å². The lowest BCUT2D eigenvalue weighted by molar-refractivity contribution is -0.136. The topological polar surface area (TPSA) is 62.8 Å². The van der Waals surface area contributed by atoms with Gasteiger partial charge in [0.2, 0.25) is 0 Å². The number of urea groups is 1. The summed E-state index contributed by atoms with van der Waals surface area (Å²) in [6.45, 7) is 2.95. The molecule has 144 valence electrons. The number of ether oxygens (including phenoxy) is 2. The molecule has 6 nitrogen and oxygen atoms in total. The number of carbonyl (C=O) groups excluding carboxylic acids is 1. The number of nitrogens with zero attached hydrogens (tertiary/aromatic N) is 1. The molecule has 0 bridgehead atoms. The molecule has 2 saturated heterocycles. The number of anilines is 2. The van der Waals surface area contributed by atoms with Crippen molar-refractivity contribution >= 4 is 17.4 Å². The lowest BCUT2D eigenvalue weighted by Crippen LogP contribution is -2.37. The predicted octanol–water partition coefficient (Wildman–Crippen LogP) is 2.84. The minimum Gasteiger partial charge on any atom is -0.378 e. The summed E-state index contributed by atoms with van der Waals surface area (Å²) in [4.78, 5) is 13.8. The van der Waals surface area contributed by atoms with Gasteiger partial charge in [0.05, 0.1) is 30.6 Å². The minimum absolute atomic E-state index is 0.0773. The van der Waals surface area contributed by atoms with Gasteiger partial charge in [-0.25, -0.2) is 4.79 Å². The highest BCUT2D eigenvalue weighted by Crippen LogP contribution is 2.37. The maximum absolute atomic E-state index is 13.4. The van der Waals surface area contributed by atoms with Gasteiger partial charge in [0.1, 0.15) is 0 Å². The molecule has 2 N–H and O–H groups in total.